The molecule has 0 aliphatic carbocycles. The molecule has 0 atom stereocenters. The van der Waals surface area contributed by atoms with E-state index in [0.717, 1.165) is 0 Å². The first kappa shape index (κ1) is 27.9. The number of aromatic nitrogens is 2. The second-order valence-corrected chi connectivity index (χ2v) is 8.37. The van der Waals surface area contributed by atoms with Crippen molar-refractivity contribution in [2.75, 3.05) is 13.7 Å². The van der Waals surface area contributed by atoms with E-state index in [1.54, 1.807) is 67.7 Å². The monoisotopic (exact) mass is 537 g/mol. The number of primary amides is 1. The van der Waals surface area contributed by atoms with Crippen molar-refractivity contribution in [2.45, 2.75) is 13.3 Å². The van der Waals surface area contributed by atoms with Crippen LogP contribution in [0.4, 0.5) is 0 Å². The fraction of sp³-hybridized carbons (Fsp3) is 0.148. The third-order valence-electron chi connectivity index (χ3n) is 5.46. The molecule has 0 saturated carbocycles. The van der Waals surface area contributed by atoms with Crippen LogP contribution in [-0.4, -0.2) is 52.1 Å². The molecule has 0 fully saturated rings. The number of carboxylic acids is 1. The smallest absolute Gasteiger partial charge is 0.341 e. The Kier molecular flexibility index (Phi) is 9.18. The first-order valence-corrected chi connectivity index (χ1v) is 11.6. The summed E-state index contributed by atoms with van der Waals surface area (Å²) in [7, 11) is 1.52. The van der Waals surface area contributed by atoms with Crippen molar-refractivity contribution in [3.8, 4) is 5.75 Å². The van der Waals surface area contributed by atoms with Crippen LogP contribution in [-0.2, 0) is 20.7 Å². The average molecular weight is 538 g/mol. The van der Waals surface area contributed by atoms with Gasteiger partial charge in [-0.2, -0.15) is 0 Å². The van der Waals surface area contributed by atoms with Crippen molar-refractivity contribution in [3.63, 3.8) is 0 Å². The average Bonchev–Trinajstić information content (AvgIpc) is 3.18. The van der Waals surface area contributed by atoms with E-state index in [4.69, 9.17) is 31.9 Å². The Balaban J connectivity index is 0.000000375. The van der Waals surface area contributed by atoms with Crippen LogP contribution in [0.2, 0.25) is 5.02 Å². The molecule has 0 saturated heterocycles. The molecule has 2 heterocycles. The summed E-state index contributed by atoms with van der Waals surface area (Å²) >= 11 is 5.91. The number of nitrogens with two attached hydrogens (primary N) is 1. The quantitative estimate of drug-likeness (QED) is 0.339. The fourth-order valence-corrected chi connectivity index (χ4v) is 3.77. The van der Waals surface area contributed by atoms with E-state index < -0.39 is 24.5 Å². The molecule has 3 N–H and O–H groups in total. The van der Waals surface area contributed by atoms with Gasteiger partial charge in [0, 0.05) is 34.1 Å². The largest absolute Gasteiger partial charge is 0.497 e. The fourth-order valence-electron chi connectivity index (χ4n) is 3.64. The van der Waals surface area contributed by atoms with Gasteiger partial charge in [0.1, 0.15) is 5.75 Å². The van der Waals surface area contributed by atoms with E-state index in [-0.39, 0.29) is 12.3 Å². The highest BCUT2D eigenvalue weighted by Crippen LogP contribution is 2.31. The van der Waals surface area contributed by atoms with E-state index in [2.05, 4.69) is 4.98 Å². The normalized spacial score (nSPS) is 10.3. The number of esters is 1. The molecule has 11 heteroatoms. The first-order valence-electron chi connectivity index (χ1n) is 11.2. The van der Waals surface area contributed by atoms with Gasteiger partial charge in [0.15, 0.2) is 6.61 Å². The van der Waals surface area contributed by atoms with E-state index >= 15 is 0 Å². The Hall–Kier alpha value is -4.70. The van der Waals surface area contributed by atoms with Crippen LogP contribution < -0.4 is 10.5 Å². The van der Waals surface area contributed by atoms with E-state index in [1.165, 1.54) is 17.9 Å². The summed E-state index contributed by atoms with van der Waals surface area (Å²) in [6.45, 7) is 1.00. The predicted octanol–water partition coefficient (Wildman–Crippen LogP) is 3.65. The summed E-state index contributed by atoms with van der Waals surface area (Å²) in [5, 5.41) is 9.86. The number of fused-ring (bicyclic) bond motifs is 1. The second-order valence-electron chi connectivity index (χ2n) is 7.93. The lowest BCUT2D eigenvalue weighted by Crippen LogP contribution is -2.16. The number of ether oxygens (including phenoxy) is 2. The van der Waals surface area contributed by atoms with Crippen LogP contribution in [0.15, 0.2) is 67.0 Å². The van der Waals surface area contributed by atoms with E-state index in [9.17, 15) is 19.2 Å². The first-order chi connectivity index (χ1) is 18.1. The van der Waals surface area contributed by atoms with Crippen molar-refractivity contribution in [2.24, 2.45) is 5.73 Å². The van der Waals surface area contributed by atoms with Gasteiger partial charge >= 0.3 is 11.9 Å². The maximum atomic E-state index is 13.2. The molecule has 0 radical (unpaired) electrons. The lowest BCUT2D eigenvalue weighted by molar-refractivity contribution is -0.154. The number of carboxylic acid groups (broad SMARTS) is 1. The lowest BCUT2D eigenvalue weighted by Gasteiger charge is -2.08. The number of rotatable bonds is 7. The minimum absolute atomic E-state index is 0.177. The maximum Gasteiger partial charge on any atom is 0.341 e. The summed E-state index contributed by atoms with van der Waals surface area (Å²) < 4.78 is 11.5. The van der Waals surface area contributed by atoms with Gasteiger partial charge in [-0.15, -0.1) is 0 Å². The van der Waals surface area contributed by atoms with Crippen LogP contribution in [0.25, 0.3) is 10.9 Å². The van der Waals surface area contributed by atoms with Crippen LogP contribution in [0.3, 0.4) is 0 Å². The molecule has 0 aliphatic heterocycles. The Morgan fingerprint density at radius 3 is 2.32 bits per heavy atom. The number of carbonyl (C=O) groups is 4. The van der Waals surface area contributed by atoms with Crippen LogP contribution in [0.1, 0.15) is 32.0 Å². The summed E-state index contributed by atoms with van der Waals surface area (Å²) in [5.74, 6) is -2.09. The Morgan fingerprint density at radius 1 is 1.05 bits per heavy atom. The lowest BCUT2D eigenvalue weighted by atomic mass is 10.1. The molecule has 4 rings (SSSR count). The molecular weight excluding hydrogens is 514 g/mol. The third-order valence-corrected chi connectivity index (χ3v) is 5.71. The summed E-state index contributed by atoms with van der Waals surface area (Å²) in [4.78, 5) is 50.0. The number of carbonyl (C=O) groups excluding carboxylic acids is 3. The number of benzene rings is 2. The second kappa shape index (κ2) is 12.5. The van der Waals surface area contributed by atoms with Gasteiger partial charge in [0.05, 0.1) is 24.6 Å². The van der Waals surface area contributed by atoms with Gasteiger partial charge in [-0.05, 0) is 67.1 Å². The summed E-state index contributed by atoms with van der Waals surface area (Å²) in [6.07, 6.45) is 2.85. The van der Waals surface area contributed by atoms with Crippen molar-refractivity contribution in [3.05, 3.63) is 94.4 Å². The zero-order chi connectivity index (χ0) is 27.8. The van der Waals surface area contributed by atoms with Gasteiger partial charge in [0.25, 0.3) is 5.91 Å². The molecule has 4 aromatic rings. The Labute approximate surface area is 222 Å². The molecule has 0 bridgehead atoms. The molecule has 2 aromatic heterocycles. The highest BCUT2D eigenvalue weighted by molar-refractivity contribution is 6.30. The number of methoxy groups -OCH3 is 1. The van der Waals surface area contributed by atoms with Crippen molar-refractivity contribution >= 4 is 46.3 Å². The molecule has 196 valence electrons. The SMILES string of the molecule is COc1ccc2c(c1)c(CC(=O)OCC(=O)O)c(C)n2C(=O)c1ccc(Cl)cc1.NC(=O)c1cccnc1. The van der Waals surface area contributed by atoms with E-state index in [1.807, 2.05) is 0 Å². The number of pyridine rings is 1. The number of aliphatic carboxylic acids is 1. The van der Waals surface area contributed by atoms with Crippen molar-refractivity contribution in [1.82, 2.24) is 9.55 Å². The van der Waals surface area contributed by atoms with Gasteiger partial charge in [-0.25, -0.2) is 4.79 Å². The number of amides is 1. The molecule has 0 unspecified atom stereocenters. The molecule has 0 aliphatic rings. The van der Waals surface area contributed by atoms with Crippen molar-refractivity contribution in [1.29, 1.82) is 0 Å². The van der Waals surface area contributed by atoms with Gasteiger partial charge < -0.3 is 20.3 Å². The van der Waals surface area contributed by atoms with Gasteiger partial charge in [-0.1, -0.05) is 11.6 Å². The minimum Gasteiger partial charge on any atom is -0.497 e. The Morgan fingerprint density at radius 2 is 1.76 bits per heavy atom. The van der Waals surface area contributed by atoms with Crippen LogP contribution in [0, 0.1) is 6.92 Å². The van der Waals surface area contributed by atoms with Crippen LogP contribution in [0.5, 0.6) is 5.75 Å². The zero-order valence-electron chi connectivity index (χ0n) is 20.5. The third kappa shape index (κ3) is 6.74. The van der Waals surface area contributed by atoms with E-state index in [0.29, 0.717) is 44.1 Å². The van der Waals surface area contributed by atoms with Crippen molar-refractivity contribution < 1.29 is 33.8 Å². The number of nitrogens with zero attached hydrogens (tertiary/aromatic N) is 2. The van der Waals surface area contributed by atoms with Gasteiger partial charge in [0.2, 0.25) is 5.91 Å². The molecule has 10 nitrogen and oxygen atoms in total. The predicted molar refractivity (Wildman–Crippen MR) is 139 cm³/mol. The topological polar surface area (TPSA) is 151 Å². The summed E-state index contributed by atoms with van der Waals surface area (Å²) in [6, 6.07) is 15.0. The maximum absolute atomic E-state index is 13.2. The molecule has 2 aromatic carbocycles. The number of hydrogen-bond acceptors (Lipinski definition) is 7. The summed E-state index contributed by atoms with van der Waals surface area (Å²) in [5.41, 5.74) is 7.54. The molecular formula is C27H24ClN3O7. The van der Waals surface area contributed by atoms with Gasteiger partial charge in [-0.3, -0.25) is 23.9 Å². The standard InChI is InChI=1S/C21H18ClNO6.C6H6N2O/c1-12-16(10-20(26)29-11-19(24)25)17-9-15(28-2)7-8-18(17)23(12)21(27)13-3-5-14(22)6-4-13;7-6(9)5-2-1-3-8-4-5/h3-9H,10-11H2,1-2H3,(H,24,25);1-4H,(H2,7,9). The molecule has 1 amide bonds. The Bertz CT molecular complexity index is 1480. The minimum atomic E-state index is -1.24. The molecule has 38 heavy (non-hydrogen) atoms. The molecule has 0 spiro atoms. The highest BCUT2D eigenvalue weighted by Gasteiger charge is 2.22. The number of halogens is 1. The zero-order valence-corrected chi connectivity index (χ0v) is 21.3. The number of hydrogen-bond donors (Lipinski definition) is 2. The highest BCUT2D eigenvalue weighted by atomic mass is 35.5. The van der Waals surface area contributed by atoms with Crippen LogP contribution >= 0.6 is 11.6 Å².